The van der Waals surface area contributed by atoms with Crippen LogP contribution < -0.4 is 5.43 Å². The van der Waals surface area contributed by atoms with Crippen molar-refractivity contribution in [2.24, 2.45) is 5.10 Å². The van der Waals surface area contributed by atoms with Crippen molar-refractivity contribution in [3.63, 3.8) is 0 Å². The standard InChI is InChI=1S/C22H18F4N4O/c23-16-9-5-14(6-10-16)13-27-28-21(31)15-7-11-17(12-8-15)30-19-4-2-1-3-18(19)20(29-30)22(24,25)26/h5-13H,1-4H2,(H,28,31). The lowest BCUT2D eigenvalue weighted by molar-refractivity contribution is -0.142. The van der Waals surface area contributed by atoms with Gasteiger partial charge in [-0.2, -0.15) is 23.4 Å². The summed E-state index contributed by atoms with van der Waals surface area (Å²) in [6.45, 7) is 0. The molecule has 2 aromatic carbocycles. The van der Waals surface area contributed by atoms with Crippen molar-refractivity contribution < 1.29 is 22.4 Å². The first-order valence-corrected chi connectivity index (χ1v) is 9.70. The number of halogens is 4. The zero-order chi connectivity index (χ0) is 22.0. The Kier molecular flexibility index (Phi) is 5.58. The summed E-state index contributed by atoms with van der Waals surface area (Å²) in [4.78, 5) is 12.2. The highest BCUT2D eigenvalue weighted by Gasteiger charge is 2.39. The zero-order valence-electron chi connectivity index (χ0n) is 16.3. The molecule has 0 spiro atoms. The van der Waals surface area contributed by atoms with Crippen LogP contribution in [0.3, 0.4) is 0 Å². The Morgan fingerprint density at radius 1 is 1.03 bits per heavy atom. The number of hydrazone groups is 1. The van der Waals surface area contributed by atoms with Gasteiger partial charge >= 0.3 is 6.18 Å². The number of hydrogen-bond donors (Lipinski definition) is 1. The summed E-state index contributed by atoms with van der Waals surface area (Å²) in [5.41, 5.74) is 3.72. The van der Waals surface area contributed by atoms with Gasteiger partial charge in [0.05, 0.1) is 11.9 Å². The minimum absolute atomic E-state index is 0.260. The van der Waals surface area contributed by atoms with E-state index in [1.807, 2.05) is 0 Å². The van der Waals surface area contributed by atoms with Crippen molar-refractivity contribution in [3.05, 3.63) is 82.4 Å². The van der Waals surface area contributed by atoms with Crippen LogP contribution in [0.1, 0.15) is 45.7 Å². The number of fused-ring (bicyclic) bond motifs is 1. The molecule has 1 heterocycles. The van der Waals surface area contributed by atoms with Crippen molar-refractivity contribution in [1.29, 1.82) is 0 Å². The number of carbonyl (C=O) groups is 1. The number of nitrogens with zero attached hydrogens (tertiary/aromatic N) is 3. The van der Waals surface area contributed by atoms with E-state index < -0.39 is 17.8 Å². The molecular formula is C22H18F4N4O. The highest BCUT2D eigenvalue weighted by molar-refractivity contribution is 5.95. The number of alkyl halides is 3. The molecule has 0 fully saturated rings. The van der Waals surface area contributed by atoms with Crippen LogP contribution in [0.15, 0.2) is 53.6 Å². The summed E-state index contributed by atoms with van der Waals surface area (Å²) in [6.07, 6.45) is -0.729. The molecule has 31 heavy (non-hydrogen) atoms. The molecule has 0 radical (unpaired) electrons. The van der Waals surface area contributed by atoms with Crippen molar-refractivity contribution >= 4 is 12.1 Å². The Morgan fingerprint density at radius 2 is 1.71 bits per heavy atom. The van der Waals surface area contributed by atoms with Crippen LogP contribution in [0, 0.1) is 5.82 Å². The lowest BCUT2D eigenvalue weighted by atomic mass is 9.95. The van der Waals surface area contributed by atoms with E-state index in [1.54, 1.807) is 12.1 Å². The fourth-order valence-electron chi connectivity index (χ4n) is 3.57. The molecule has 5 nitrogen and oxygen atoms in total. The van der Waals surface area contributed by atoms with E-state index in [9.17, 15) is 22.4 Å². The van der Waals surface area contributed by atoms with Crippen LogP contribution in [0.25, 0.3) is 5.69 Å². The number of aromatic nitrogens is 2. The Morgan fingerprint density at radius 3 is 2.39 bits per heavy atom. The quantitative estimate of drug-likeness (QED) is 0.371. The fraction of sp³-hybridized carbons (Fsp3) is 0.227. The Bertz CT molecular complexity index is 1120. The van der Waals surface area contributed by atoms with Crippen LogP contribution in [-0.2, 0) is 19.0 Å². The lowest BCUT2D eigenvalue weighted by Crippen LogP contribution is -2.17. The average molecular weight is 430 g/mol. The van der Waals surface area contributed by atoms with Gasteiger partial charge in [0.25, 0.3) is 5.91 Å². The summed E-state index contributed by atoms with van der Waals surface area (Å²) in [6, 6.07) is 11.7. The highest BCUT2D eigenvalue weighted by Crippen LogP contribution is 2.36. The molecule has 1 aliphatic rings. The van der Waals surface area contributed by atoms with Crippen LogP contribution in [0.4, 0.5) is 17.6 Å². The van der Waals surface area contributed by atoms with Gasteiger partial charge in [0.1, 0.15) is 5.82 Å². The molecule has 1 amide bonds. The van der Waals surface area contributed by atoms with Crippen molar-refractivity contribution in [2.45, 2.75) is 31.9 Å². The number of benzene rings is 2. The minimum atomic E-state index is -4.50. The van der Waals surface area contributed by atoms with Crippen LogP contribution in [0.5, 0.6) is 0 Å². The first-order chi connectivity index (χ1) is 14.8. The second kappa shape index (κ2) is 8.33. The summed E-state index contributed by atoms with van der Waals surface area (Å²) >= 11 is 0. The van der Waals surface area contributed by atoms with E-state index >= 15 is 0 Å². The van der Waals surface area contributed by atoms with E-state index in [0.717, 1.165) is 6.42 Å². The minimum Gasteiger partial charge on any atom is -0.267 e. The number of amides is 1. The molecule has 0 aliphatic heterocycles. The molecule has 0 atom stereocenters. The van der Waals surface area contributed by atoms with Crippen molar-refractivity contribution in [1.82, 2.24) is 15.2 Å². The zero-order valence-corrected chi connectivity index (χ0v) is 16.3. The number of nitrogens with one attached hydrogen (secondary N) is 1. The number of carbonyl (C=O) groups excluding carboxylic acids is 1. The van der Waals surface area contributed by atoms with E-state index in [4.69, 9.17) is 0 Å². The number of hydrogen-bond acceptors (Lipinski definition) is 3. The molecule has 0 bridgehead atoms. The topological polar surface area (TPSA) is 59.3 Å². The first-order valence-electron chi connectivity index (χ1n) is 9.70. The first kappa shape index (κ1) is 20.8. The molecule has 0 unspecified atom stereocenters. The average Bonchev–Trinajstić information content (AvgIpc) is 3.15. The van der Waals surface area contributed by atoms with Crippen LogP contribution in [0.2, 0.25) is 0 Å². The molecule has 3 aromatic rings. The van der Waals surface area contributed by atoms with E-state index in [0.29, 0.717) is 36.2 Å². The number of rotatable bonds is 4. The third-order valence-electron chi connectivity index (χ3n) is 5.07. The Hall–Kier alpha value is -3.49. The molecular weight excluding hydrogens is 412 g/mol. The van der Waals surface area contributed by atoms with Crippen LogP contribution >= 0.6 is 0 Å². The third kappa shape index (κ3) is 4.50. The van der Waals surface area contributed by atoms with Gasteiger partial charge in [-0.25, -0.2) is 14.5 Å². The predicted octanol–water partition coefficient (Wildman–Crippen LogP) is 4.67. The van der Waals surface area contributed by atoms with Gasteiger partial charge in [0.2, 0.25) is 0 Å². The van der Waals surface area contributed by atoms with Crippen molar-refractivity contribution in [3.8, 4) is 5.69 Å². The SMILES string of the molecule is O=C(NN=Cc1ccc(F)cc1)c1ccc(-n2nc(C(F)(F)F)c3c2CCCC3)cc1. The van der Waals surface area contributed by atoms with Gasteiger partial charge in [-0.15, -0.1) is 0 Å². The summed E-state index contributed by atoms with van der Waals surface area (Å²) in [5.74, 6) is -0.856. The maximum absolute atomic E-state index is 13.4. The van der Waals surface area contributed by atoms with Gasteiger partial charge in [-0.1, -0.05) is 12.1 Å². The summed E-state index contributed by atoms with van der Waals surface area (Å²) < 4.78 is 54.3. The predicted molar refractivity (Wildman–Crippen MR) is 107 cm³/mol. The van der Waals surface area contributed by atoms with Gasteiger partial charge in [-0.05, 0) is 67.6 Å². The van der Waals surface area contributed by atoms with E-state index in [2.05, 4.69) is 15.6 Å². The maximum atomic E-state index is 13.4. The smallest absolute Gasteiger partial charge is 0.267 e. The monoisotopic (exact) mass is 430 g/mol. The van der Waals surface area contributed by atoms with E-state index in [1.165, 1.54) is 47.3 Å². The van der Waals surface area contributed by atoms with Gasteiger partial charge in [-0.3, -0.25) is 4.79 Å². The molecule has 1 N–H and O–H groups in total. The van der Waals surface area contributed by atoms with Gasteiger partial charge in [0, 0.05) is 16.8 Å². The highest BCUT2D eigenvalue weighted by atomic mass is 19.4. The third-order valence-corrected chi connectivity index (χ3v) is 5.07. The maximum Gasteiger partial charge on any atom is 0.435 e. The van der Waals surface area contributed by atoms with Gasteiger partial charge < -0.3 is 0 Å². The Balaban J connectivity index is 1.51. The lowest BCUT2D eigenvalue weighted by Gasteiger charge is -2.14. The molecule has 9 heteroatoms. The van der Waals surface area contributed by atoms with E-state index in [-0.39, 0.29) is 16.9 Å². The molecule has 0 saturated heterocycles. The molecule has 1 aromatic heterocycles. The summed E-state index contributed by atoms with van der Waals surface area (Å²) in [7, 11) is 0. The van der Waals surface area contributed by atoms with Crippen LogP contribution in [-0.4, -0.2) is 21.9 Å². The molecule has 0 saturated carbocycles. The second-order valence-corrected chi connectivity index (χ2v) is 7.19. The van der Waals surface area contributed by atoms with Crippen molar-refractivity contribution in [2.75, 3.05) is 0 Å². The Labute approximate surface area is 175 Å². The molecule has 4 rings (SSSR count). The second-order valence-electron chi connectivity index (χ2n) is 7.19. The normalized spacial score (nSPS) is 13.9. The van der Waals surface area contributed by atoms with Gasteiger partial charge in [0.15, 0.2) is 5.69 Å². The fourth-order valence-corrected chi connectivity index (χ4v) is 3.57. The summed E-state index contributed by atoms with van der Waals surface area (Å²) in [5, 5.41) is 7.66. The molecule has 1 aliphatic carbocycles. The molecule has 160 valence electrons. The largest absolute Gasteiger partial charge is 0.435 e.